The Labute approximate surface area is 125 Å². The zero-order chi connectivity index (χ0) is 15.1. The van der Waals surface area contributed by atoms with E-state index in [9.17, 15) is 4.39 Å². The largest absolute Gasteiger partial charge is 0.313 e. The van der Waals surface area contributed by atoms with Crippen LogP contribution in [0, 0.1) is 5.82 Å². The highest BCUT2D eigenvalue weighted by molar-refractivity contribution is 5.20. The summed E-state index contributed by atoms with van der Waals surface area (Å²) in [6.45, 7) is 1.83. The van der Waals surface area contributed by atoms with Crippen LogP contribution in [-0.4, -0.2) is 30.5 Å². The van der Waals surface area contributed by atoms with E-state index >= 15 is 0 Å². The Morgan fingerprint density at radius 2 is 2.00 bits per heavy atom. The van der Waals surface area contributed by atoms with Crippen LogP contribution in [0.25, 0.3) is 0 Å². The summed E-state index contributed by atoms with van der Waals surface area (Å²) in [4.78, 5) is 6.29. The molecule has 1 unspecified atom stereocenters. The predicted molar refractivity (Wildman–Crippen MR) is 83.4 cm³/mol. The Morgan fingerprint density at radius 1 is 1.24 bits per heavy atom. The molecule has 0 bridgehead atoms. The first-order valence-corrected chi connectivity index (χ1v) is 7.19. The second kappa shape index (κ2) is 7.86. The van der Waals surface area contributed by atoms with Gasteiger partial charge in [0.2, 0.25) is 0 Å². The number of pyridine rings is 1. The third-order valence-electron chi connectivity index (χ3n) is 3.60. The number of halogens is 1. The Kier molecular flexibility index (Phi) is 5.84. The first-order chi connectivity index (χ1) is 10.2. The van der Waals surface area contributed by atoms with Gasteiger partial charge in [-0.15, -0.1) is 0 Å². The summed E-state index contributed by atoms with van der Waals surface area (Å²) in [5.41, 5.74) is 2.24. The summed E-state index contributed by atoms with van der Waals surface area (Å²) >= 11 is 0. The molecule has 0 spiro atoms. The van der Waals surface area contributed by atoms with Crippen LogP contribution < -0.4 is 5.32 Å². The molecule has 1 atom stereocenters. The van der Waals surface area contributed by atoms with Crippen molar-refractivity contribution in [3.05, 3.63) is 65.7 Å². The van der Waals surface area contributed by atoms with Gasteiger partial charge >= 0.3 is 0 Å². The Bertz CT molecular complexity index is 545. The summed E-state index contributed by atoms with van der Waals surface area (Å²) in [5.74, 6) is -0.183. The molecule has 21 heavy (non-hydrogen) atoms. The van der Waals surface area contributed by atoms with Crippen molar-refractivity contribution in [3.63, 3.8) is 0 Å². The molecule has 0 aliphatic rings. The number of benzene rings is 1. The molecule has 0 saturated heterocycles. The molecule has 1 aromatic heterocycles. The molecule has 1 heterocycles. The average Bonchev–Trinajstić information content (AvgIpc) is 2.49. The molecule has 0 amide bonds. The fraction of sp³-hybridized carbons (Fsp3) is 0.353. The van der Waals surface area contributed by atoms with Gasteiger partial charge in [-0.3, -0.25) is 4.98 Å². The molecule has 2 aromatic rings. The van der Waals surface area contributed by atoms with Crippen molar-refractivity contribution >= 4 is 0 Å². The van der Waals surface area contributed by atoms with Crippen molar-refractivity contribution in [1.29, 1.82) is 0 Å². The third-order valence-corrected chi connectivity index (χ3v) is 3.60. The smallest absolute Gasteiger partial charge is 0.123 e. The number of hydrogen-bond acceptors (Lipinski definition) is 3. The fourth-order valence-corrected chi connectivity index (χ4v) is 2.43. The standard InChI is InChI=1S/C17H22FN3/c1-19-17(15-4-3-5-16(18)12-15)8-11-21(2)13-14-6-9-20-10-7-14/h3-7,9-10,12,17,19H,8,11,13H2,1-2H3. The molecule has 2 rings (SSSR count). The molecule has 112 valence electrons. The van der Waals surface area contributed by atoms with Crippen molar-refractivity contribution in [2.45, 2.75) is 19.0 Å². The van der Waals surface area contributed by atoms with Gasteiger partial charge in [-0.05, 0) is 62.5 Å². The van der Waals surface area contributed by atoms with Crippen LogP contribution in [0.3, 0.4) is 0 Å². The Hall–Kier alpha value is -1.78. The second-order valence-electron chi connectivity index (χ2n) is 5.28. The summed E-state index contributed by atoms with van der Waals surface area (Å²) in [6.07, 6.45) is 4.56. The van der Waals surface area contributed by atoms with E-state index < -0.39 is 0 Å². The minimum atomic E-state index is -0.183. The van der Waals surface area contributed by atoms with Crippen LogP contribution in [-0.2, 0) is 6.54 Å². The third kappa shape index (κ3) is 4.92. The number of nitrogens with one attached hydrogen (secondary N) is 1. The topological polar surface area (TPSA) is 28.2 Å². The fourth-order valence-electron chi connectivity index (χ4n) is 2.43. The molecule has 0 saturated carbocycles. The van der Waals surface area contributed by atoms with E-state index in [0.717, 1.165) is 25.1 Å². The van der Waals surface area contributed by atoms with E-state index in [2.05, 4.69) is 22.2 Å². The van der Waals surface area contributed by atoms with Crippen LogP contribution >= 0.6 is 0 Å². The molecule has 4 heteroatoms. The lowest BCUT2D eigenvalue weighted by Gasteiger charge is -2.22. The maximum absolute atomic E-state index is 13.3. The highest BCUT2D eigenvalue weighted by atomic mass is 19.1. The SMILES string of the molecule is CNC(CCN(C)Cc1ccncc1)c1cccc(F)c1. The van der Waals surface area contributed by atoms with E-state index in [0.29, 0.717) is 0 Å². The van der Waals surface area contributed by atoms with Crippen molar-refractivity contribution in [1.82, 2.24) is 15.2 Å². The van der Waals surface area contributed by atoms with Gasteiger partial charge in [0, 0.05) is 25.0 Å². The zero-order valence-electron chi connectivity index (χ0n) is 12.6. The van der Waals surface area contributed by atoms with E-state index in [-0.39, 0.29) is 11.9 Å². The molecule has 0 aliphatic carbocycles. The van der Waals surface area contributed by atoms with Crippen molar-refractivity contribution in [2.75, 3.05) is 20.6 Å². The maximum Gasteiger partial charge on any atom is 0.123 e. The van der Waals surface area contributed by atoms with Crippen LogP contribution in [0.4, 0.5) is 4.39 Å². The minimum Gasteiger partial charge on any atom is -0.313 e. The highest BCUT2D eigenvalue weighted by Crippen LogP contribution is 2.18. The van der Waals surface area contributed by atoms with Gasteiger partial charge in [-0.1, -0.05) is 12.1 Å². The molecule has 0 fully saturated rings. The van der Waals surface area contributed by atoms with Gasteiger partial charge in [0.15, 0.2) is 0 Å². The van der Waals surface area contributed by atoms with E-state index in [1.54, 1.807) is 12.1 Å². The molecular weight excluding hydrogens is 265 g/mol. The number of nitrogens with zero attached hydrogens (tertiary/aromatic N) is 2. The van der Waals surface area contributed by atoms with Gasteiger partial charge in [0.1, 0.15) is 5.82 Å². The molecule has 3 nitrogen and oxygen atoms in total. The quantitative estimate of drug-likeness (QED) is 0.848. The summed E-state index contributed by atoms with van der Waals surface area (Å²) in [5, 5.41) is 3.26. The van der Waals surface area contributed by atoms with Crippen LogP contribution in [0.15, 0.2) is 48.8 Å². The van der Waals surface area contributed by atoms with Crippen molar-refractivity contribution in [2.24, 2.45) is 0 Å². The van der Waals surface area contributed by atoms with E-state index in [4.69, 9.17) is 0 Å². The number of aromatic nitrogens is 1. The Balaban J connectivity index is 1.88. The molecule has 1 aromatic carbocycles. The molecule has 0 aliphatic heterocycles. The first kappa shape index (κ1) is 15.6. The second-order valence-corrected chi connectivity index (χ2v) is 5.28. The number of rotatable bonds is 7. The summed E-state index contributed by atoms with van der Waals surface area (Å²) in [7, 11) is 4.01. The summed E-state index contributed by atoms with van der Waals surface area (Å²) < 4.78 is 13.3. The van der Waals surface area contributed by atoms with Crippen molar-refractivity contribution in [3.8, 4) is 0 Å². The maximum atomic E-state index is 13.3. The molecular formula is C17H22FN3. The summed E-state index contributed by atoms with van der Waals surface area (Å²) in [6, 6.07) is 11.0. The zero-order valence-corrected chi connectivity index (χ0v) is 12.6. The lowest BCUT2D eigenvalue weighted by atomic mass is 10.0. The van der Waals surface area contributed by atoms with Gasteiger partial charge in [-0.2, -0.15) is 0 Å². The Morgan fingerprint density at radius 3 is 2.67 bits per heavy atom. The van der Waals surface area contributed by atoms with Crippen LogP contribution in [0.2, 0.25) is 0 Å². The van der Waals surface area contributed by atoms with Crippen LogP contribution in [0.5, 0.6) is 0 Å². The van der Waals surface area contributed by atoms with Gasteiger partial charge in [-0.25, -0.2) is 4.39 Å². The van der Waals surface area contributed by atoms with Crippen molar-refractivity contribution < 1.29 is 4.39 Å². The van der Waals surface area contributed by atoms with Crippen LogP contribution in [0.1, 0.15) is 23.6 Å². The lowest BCUT2D eigenvalue weighted by molar-refractivity contribution is 0.303. The predicted octanol–water partition coefficient (Wildman–Crippen LogP) is 3.00. The van der Waals surface area contributed by atoms with E-state index in [1.165, 1.54) is 11.6 Å². The van der Waals surface area contributed by atoms with Gasteiger partial charge < -0.3 is 10.2 Å². The minimum absolute atomic E-state index is 0.167. The number of hydrogen-bond donors (Lipinski definition) is 1. The molecule has 0 radical (unpaired) electrons. The highest BCUT2D eigenvalue weighted by Gasteiger charge is 2.11. The van der Waals surface area contributed by atoms with E-state index in [1.807, 2.05) is 37.6 Å². The first-order valence-electron chi connectivity index (χ1n) is 7.19. The lowest BCUT2D eigenvalue weighted by Crippen LogP contribution is -2.25. The average molecular weight is 287 g/mol. The monoisotopic (exact) mass is 287 g/mol. The normalized spacial score (nSPS) is 12.6. The van der Waals surface area contributed by atoms with Gasteiger partial charge in [0.25, 0.3) is 0 Å². The molecule has 1 N–H and O–H groups in total. The van der Waals surface area contributed by atoms with Gasteiger partial charge in [0.05, 0.1) is 0 Å².